The number of aromatic hydroxyl groups is 1. The van der Waals surface area contributed by atoms with Crippen LogP contribution in [0.4, 0.5) is 5.69 Å². The maximum absolute atomic E-state index is 11.9. The van der Waals surface area contributed by atoms with Gasteiger partial charge in [-0.15, -0.1) is 0 Å². The molecule has 154 valence electrons. The molecule has 1 amide bonds. The minimum absolute atomic E-state index is 0.105. The van der Waals surface area contributed by atoms with E-state index in [9.17, 15) is 9.90 Å². The van der Waals surface area contributed by atoms with Gasteiger partial charge in [-0.3, -0.25) is 4.79 Å². The number of aromatic nitrogens is 1. The van der Waals surface area contributed by atoms with Gasteiger partial charge >= 0.3 is 0 Å². The minimum Gasteiger partial charge on any atom is -0.494 e. The van der Waals surface area contributed by atoms with Crippen LogP contribution in [0.5, 0.6) is 5.88 Å². The monoisotopic (exact) mass is 409 g/mol. The Morgan fingerprint density at radius 3 is 2.45 bits per heavy atom. The molecule has 1 aromatic heterocycles. The predicted molar refractivity (Wildman–Crippen MR) is 123 cm³/mol. The molecule has 5 rings (SSSR count). The number of para-hydroxylation sites is 1. The van der Waals surface area contributed by atoms with Gasteiger partial charge in [-0.05, 0) is 30.2 Å². The maximum Gasteiger partial charge on any atom is 0.222 e. The molecule has 1 aliphatic heterocycles. The first-order chi connectivity index (χ1) is 15.2. The van der Waals surface area contributed by atoms with E-state index in [4.69, 9.17) is 4.99 Å². The fourth-order valence-corrected chi connectivity index (χ4v) is 4.12. The van der Waals surface area contributed by atoms with Crippen molar-refractivity contribution >= 4 is 28.2 Å². The van der Waals surface area contributed by atoms with Gasteiger partial charge in [0.05, 0.1) is 17.0 Å². The first-order valence-corrected chi connectivity index (χ1v) is 10.5. The molecule has 1 fully saturated rings. The number of carbonyl (C=O) groups excluding carboxylic acids is 1. The molecule has 0 bridgehead atoms. The summed E-state index contributed by atoms with van der Waals surface area (Å²) >= 11 is 0. The summed E-state index contributed by atoms with van der Waals surface area (Å²) in [5.74, 6) is 0.330. The Hall–Kier alpha value is -3.86. The van der Waals surface area contributed by atoms with Crippen LogP contribution in [0.25, 0.3) is 10.9 Å². The quantitative estimate of drug-likeness (QED) is 0.447. The highest BCUT2D eigenvalue weighted by Gasteiger charge is 2.20. The second kappa shape index (κ2) is 8.11. The van der Waals surface area contributed by atoms with Crippen molar-refractivity contribution in [3.63, 3.8) is 0 Å². The number of carbonyl (C=O) groups is 1. The number of H-pyrrole nitrogens is 1. The van der Waals surface area contributed by atoms with Crippen LogP contribution in [-0.2, 0) is 11.3 Å². The Labute approximate surface area is 180 Å². The average Bonchev–Trinajstić information content (AvgIpc) is 3.35. The van der Waals surface area contributed by atoms with Gasteiger partial charge in [0, 0.05) is 36.0 Å². The Morgan fingerprint density at radius 2 is 1.71 bits per heavy atom. The number of nitrogens with one attached hydrogen (secondary N) is 1. The number of aromatic amines is 1. The van der Waals surface area contributed by atoms with E-state index in [0.717, 1.165) is 40.7 Å². The number of hydrogen-bond donors (Lipinski definition) is 2. The van der Waals surface area contributed by atoms with Crippen molar-refractivity contribution < 1.29 is 9.90 Å². The highest BCUT2D eigenvalue weighted by atomic mass is 16.3. The molecule has 2 N–H and O–H groups in total. The first-order valence-electron chi connectivity index (χ1n) is 10.5. The van der Waals surface area contributed by atoms with E-state index in [1.54, 1.807) is 0 Å². The number of hydrogen-bond acceptors (Lipinski definition) is 3. The molecule has 1 saturated heterocycles. The molecule has 0 saturated carbocycles. The number of aliphatic imine (C=N–C) groups is 1. The van der Waals surface area contributed by atoms with Crippen LogP contribution in [0.1, 0.15) is 29.5 Å². The van der Waals surface area contributed by atoms with Crippen LogP contribution in [0, 0.1) is 0 Å². The molecule has 0 atom stereocenters. The predicted octanol–water partition coefficient (Wildman–Crippen LogP) is 5.17. The lowest BCUT2D eigenvalue weighted by Gasteiger charge is -2.15. The van der Waals surface area contributed by atoms with E-state index >= 15 is 0 Å². The fourth-order valence-electron chi connectivity index (χ4n) is 4.12. The zero-order valence-corrected chi connectivity index (χ0v) is 17.1. The number of rotatable bonds is 5. The molecule has 0 unspecified atom stereocenters. The highest BCUT2D eigenvalue weighted by Crippen LogP contribution is 2.31. The Balaban J connectivity index is 1.54. The van der Waals surface area contributed by atoms with Crippen molar-refractivity contribution in [3.05, 3.63) is 95.6 Å². The highest BCUT2D eigenvalue weighted by molar-refractivity contribution is 6.21. The molecule has 5 nitrogen and oxygen atoms in total. The van der Waals surface area contributed by atoms with Gasteiger partial charge in [0.1, 0.15) is 0 Å². The molecule has 0 spiro atoms. The SMILES string of the molecule is O=C1CCCN1Cc1ccc(N=C(c2ccccc2)c2c(O)[nH]c3ccccc23)cc1. The van der Waals surface area contributed by atoms with Crippen LogP contribution in [0.15, 0.2) is 83.9 Å². The van der Waals surface area contributed by atoms with Crippen LogP contribution in [0.2, 0.25) is 0 Å². The zero-order chi connectivity index (χ0) is 21.2. The largest absolute Gasteiger partial charge is 0.494 e. The van der Waals surface area contributed by atoms with Gasteiger partial charge in [-0.25, -0.2) is 4.99 Å². The topological polar surface area (TPSA) is 68.7 Å². The second-order valence-electron chi connectivity index (χ2n) is 7.81. The zero-order valence-electron chi connectivity index (χ0n) is 17.1. The molecule has 5 heteroatoms. The third-order valence-corrected chi connectivity index (χ3v) is 5.69. The third-order valence-electron chi connectivity index (χ3n) is 5.69. The van der Waals surface area contributed by atoms with Crippen molar-refractivity contribution in [1.29, 1.82) is 0 Å². The molecule has 31 heavy (non-hydrogen) atoms. The smallest absolute Gasteiger partial charge is 0.222 e. The Morgan fingerprint density at radius 1 is 0.968 bits per heavy atom. The van der Waals surface area contributed by atoms with Gasteiger partial charge < -0.3 is 15.0 Å². The number of likely N-dealkylation sites (tertiary alicyclic amines) is 1. The van der Waals surface area contributed by atoms with Gasteiger partial charge in [0.2, 0.25) is 5.91 Å². The van der Waals surface area contributed by atoms with Crippen LogP contribution >= 0.6 is 0 Å². The van der Waals surface area contributed by atoms with E-state index in [1.165, 1.54) is 0 Å². The second-order valence-corrected chi connectivity index (χ2v) is 7.81. The first kappa shape index (κ1) is 19.1. The summed E-state index contributed by atoms with van der Waals surface area (Å²) in [7, 11) is 0. The molecular weight excluding hydrogens is 386 g/mol. The summed E-state index contributed by atoms with van der Waals surface area (Å²) in [4.78, 5) is 21.8. The van der Waals surface area contributed by atoms with E-state index in [-0.39, 0.29) is 11.8 Å². The number of benzene rings is 3. The average molecular weight is 409 g/mol. The standard InChI is InChI=1S/C26H23N3O2/c30-23-11-6-16-29(23)17-18-12-14-20(15-13-18)27-25(19-7-2-1-3-8-19)24-21-9-4-5-10-22(21)28-26(24)31/h1-5,7-10,12-15,28,31H,6,11,16-17H2. The summed E-state index contributed by atoms with van der Waals surface area (Å²) in [5.41, 5.74) is 5.07. The number of amides is 1. The number of nitrogens with zero attached hydrogens (tertiary/aromatic N) is 2. The summed E-state index contributed by atoms with van der Waals surface area (Å²) in [6.45, 7) is 1.47. The molecule has 1 aliphatic rings. The lowest BCUT2D eigenvalue weighted by atomic mass is 10.0. The minimum atomic E-state index is 0.105. The summed E-state index contributed by atoms with van der Waals surface area (Å²) < 4.78 is 0. The van der Waals surface area contributed by atoms with Crippen molar-refractivity contribution in [3.8, 4) is 5.88 Å². The molecule has 4 aromatic rings. The molecule has 2 heterocycles. The Bertz CT molecular complexity index is 1260. The van der Waals surface area contributed by atoms with E-state index < -0.39 is 0 Å². The van der Waals surface area contributed by atoms with Crippen molar-refractivity contribution in [2.75, 3.05) is 6.54 Å². The lowest BCUT2D eigenvalue weighted by molar-refractivity contribution is -0.128. The summed E-state index contributed by atoms with van der Waals surface area (Å²) in [6.07, 6.45) is 1.59. The molecule has 3 aromatic carbocycles. The van der Waals surface area contributed by atoms with Crippen LogP contribution in [0.3, 0.4) is 0 Å². The van der Waals surface area contributed by atoms with Gasteiger partial charge in [0.15, 0.2) is 5.88 Å². The van der Waals surface area contributed by atoms with Crippen LogP contribution < -0.4 is 0 Å². The normalized spacial score (nSPS) is 14.5. The molecular formula is C26H23N3O2. The van der Waals surface area contributed by atoms with Gasteiger partial charge in [-0.1, -0.05) is 60.7 Å². The fraction of sp³-hybridized carbons (Fsp3) is 0.154. The molecule has 0 radical (unpaired) electrons. The summed E-state index contributed by atoms with van der Waals surface area (Å²) in [5, 5.41) is 11.6. The number of fused-ring (bicyclic) bond motifs is 1. The van der Waals surface area contributed by atoms with Gasteiger partial charge in [-0.2, -0.15) is 0 Å². The summed E-state index contributed by atoms with van der Waals surface area (Å²) in [6, 6.07) is 25.7. The van der Waals surface area contributed by atoms with E-state index in [2.05, 4.69) is 4.98 Å². The van der Waals surface area contributed by atoms with Gasteiger partial charge in [0.25, 0.3) is 0 Å². The van der Waals surface area contributed by atoms with Crippen molar-refractivity contribution in [2.24, 2.45) is 4.99 Å². The van der Waals surface area contributed by atoms with E-state index in [0.29, 0.717) is 24.2 Å². The maximum atomic E-state index is 11.9. The Kier molecular flexibility index (Phi) is 5.00. The lowest BCUT2D eigenvalue weighted by Crippen LogP contribution is -2.23. The van der Waals surface area contributed by atoms with Crippen molar-refractivity contribution in [1.82, 2.24) is 9.88 Å². The van der Waals surface area contributed by atoms with Crippen LogP contribution in [-0.4, -0.2) is 33.2 Å². The molecule has 0 aliphatic carbocycles. The van der Waals surface area contributed by atoms with Crippen molar-refractivity contribution in [2.45, 2.75) is 19.4 Å². The third kappa shape index (κ3) is 3.82. The van der Waals surface area contributed by atoms with E-state index in [1.807, 2.05) is 83.8 Å².